The van der Waals surface area contributed by atoms with Crippen molar-refractivity contribution < 1.29 is 4.39 Å². The number of halogens is 1. The summed E-state index contributed by atoms with van der Waals surface area (Å²) in [6.45, 7) is 6.69. The standard InChI is InChI=1S/C17H26FN/c1-12(2)14-7-6-8-15(11-14)19-13(3)16-9-4-5-10-17(16)18/h4-5,9-10,12-15,19H,6-8,11H2,1-3H3/t13-,14?,15?/m1/s1. The van der Waals surface area contributed by atoms with Crippen molar-refractivity contribution in [3.8, 4) is 0 Å². The monoisotopic (exact) mass is 263 g/mol. The summed E-state index contributed by atoms with van der Waals surface area (Å²) in [5, 5.41) is 3.62. The van der Waals surface area contributed by atoms with Gasteiger partial charge >= 0.3 is 0 Å². The van der Waals surface area contributed by atoms with Gasteiger partial charge in [0.1, 0.15) is 5.82 Å². The molecule has 0 spiro atoms. The largest absolute Gasteiger partial charge is 0.307 e. The predicted molar refractivity (Wildman–Crippen MR) is 78.5 cm³/mol. The molecule has 0 bridgehead atoms. The van der Waals surface area contributed by atoms with Crippen LogP contribution in [-0.2, 0) is 0 Å². The molecule has 1 fully saturated rings. The quantitative estimate of drug-likeness (QED) is 0.831. The zero-order valence-electron chi connectivity index (χ0n) is 12.3. The highest BCUT2D eigenvalue weighted by Gasteiger charge is 2.25. The summed E-state index contributed by atoms with van der Waals surface area (Å²) >= 11 is 0. The Morgan fingerprint density at radius 3 is 2.58 bits per heavy atom. The van der Waals surface area contributed by atoms with Crippen LogP contribution in [0.2, 0.25) is 0 Å². The molecule has 1 nitrogen and oxygen atoms in total. The zero-order chi connectivity index (χ0) is 13.8. The van der Waals surface area contributed by atoms with Crippen LogP contribution in [-0.4, -0.2) is 6.04 Å². The van der Waals surface area contributed by atoms with E-state index >= 15 is 0 Å². The smallest absolute Gasteiger partial charge is 0.127 e. The maximum absolute atomic E-state index is 13.8. The minimum atomic E-state index is -0.0984. The van der Waals surface area contributed by atoms with Gasteiger partial charge in [0.05, 0.1) is 0 Å². The third-order valence-electron chi connectivity index (χ3n) is 4.52. The number of hydrogen-bond donors (Lipinski definition) is 1. The van der Waals surface area contributed by atoms with Crippen LogP contribution in [0, 0.1) is 17.7 Å². The van der Waals surface area contributed by atoms with E-state index in [0.29, 0.717) is 6.04 Å². The lowest BCUT2D eigenvalue weighted by Crippen LogP contribution is -2.37. The Balaban J connectivity index is 1.95. The van der Waals surface area contributed by atoms with Crippen molar-refractivity contribution in [2.45, 2.75) is 58.5 Å². The highest BCUT2D eigenvalue weighted by atomic mass is 19.1. The zero-order valence-corrected chi connectivity index (χ0v) is 12.3. The van der Waals surface area contributed by atoms with E-state index in [1.165, 1.54) is 25.7 Å². The number of hydrogen-bond acceptors (Lipinski definition) is 1. The van der Waals surface area contributed by atoms with Gasteiger partial charge in [0.25, 0.3) is 0 Å². The van der Waals surface area contributed by atoms with E-state index in [1.807, 2.05) is 12.1 Å². The Morgan fingerprint density at radius 2 is 1.89 bits per heavy atom. The van der Waals surface area contributed by atoms with Crippen molar-refractivity contribution in [3.05, 3.63) is 35.6 Å². The minimum Gasteiger partial charge on any atom is -0.307 e. The van der Waals surface area contributed by atoms with Crippen LogP contribution in [0.1, 0.15) is 58.1 Å². The summed E-state index contributed by atoms with van der Waals surface area (Å²) in [7, 11) is 0. The fourth-order valence-electron chi connectivity index (χ4n) is 3.25. The van der Waals surface area contributed by atoms with E-state index < -0.39 is 0 Å². The van der Waals surface area contributed by atoms with Gasteiger partial charge in [0, 0.05) is 17.6 Å². The Hall–Kier alpha value is -0.890. The highest BCUT2D eigenvalue weighted by molar-refractivity contribution is 5.20. The summed E-state index contributed by atoms with van der Waals surface area (Å²) in [6.07, 6.45) is 5.10. The maximum atomic E-state index is 13.8. The fourth-order valence-corrected chi connectivity index (χ4v) is 3.25. The van der Waals surface area contributed by atoms with Crippen LogP contribution < -0.4 is 5.32 Å². The van der Waals surface area contributed by atoms with E-state index in [-0.39, 0.29) is 11.9 Å². The second-order valence-electron chi connectivity index (χ2n) is 6.28. The first kappa shape index (κ1) is 14.5. The molecule has 0 amide bonds. The summed E-state index contributed by atoms with van der Waals surface area (Å²) < 4.78 is 13.8. The molecule has 0 saturated heterocycles. The predicted octanol–water partition coefficient (Wildman–Crippen LogP) is 4.69. The second-order valence-corrected chi connectivity index (χ2v) is 6.28. The van der Waals surface area contributed by atoms with Crippen molar-refractivity contribution in [2.24, 2.45) is 11.8 Å². The minimum absolute atomic E-state index is 0.0945. The van der Waals surface area contributed by atoms with Crippen molar-refractivity contribution in [2.75, 3.05) is 0 Å². The molecule has 3 atom stereocenters. The van der Waals surface area contributed by atoms with E-state index in [0.717, 1.165) is 17.4 Å². The van der Waals surface area contributed by atoms with Crippen LogP contribution in [0.25, 0.3) is 0 Å². The average molecular weight is 263 g/mol. The van der Waals surface area contributed by atoms with E-state index in [2.05, 4.69) is 26.1 Å². The van der Waals surface area contributed by atoms with Crippen molar-refractivity contribution in [1.82, 2.24) is 5.32 Å². The van der Waals surface area contributed by atoms with Gasteiger partial charge in [-0.25, -0.2) is 4.39 Å². The number of benzene rings is 1. The fraction of sp³-hybridized carbons (Fsp3) is 0.647. The molecule has 1 N–H and O–H groups in total. The number of rotatable bonds is 4. The van der Waals surface area contributed by atoms with Crippen LogP contribution in [0.4, 0.5) is 4.39 Å². The van der Waals surface area contributed by atoms with Gasteiger partial charge in [-0.1, -0.05) is 44.9 Å². The van der Waals surface area contributed by atoms with Gasteiger partial charge in [-0.3, -0.25) is 0 Å². The summed E-state index contributed by atoms with van der Waals surface area (Å²) in [5.41, 5.74) is 0.786. The average Bonchev–Trinajstić information content (AvgIpc) is 2.39. The van der Waals surface area contributed by atoms with Gasteiger partial charge in [-0.05, 0) is 37.7 Å². The first-order chi connectivity index (χ1) is 9.08. The Bertz CT molecular complexity index is 402. The Kier molecular flexibility index (Phi) is 4.98. The lowest BCUT2D eigenvalue weighted by Gasteiger charge is -2.34. The van der Waals surface area contributed by atoms with E-state index in [4.69, 9.17) is 0 Å². The molecule has 0 radical (unpaired) electrons. The maximum Gasteiger partial charge on any atom is 0.127 e. The molecule has 2 unspecified atom stereocenters. The Labute approximate surface area is 116 Å². The molecule has 19 heavy (non-hydrogen) atoms. The second kappa shape index (κ2) is 6.51. The number of nitrogens with one attached hydrogen (secondary N) is 1. The van der Waals surface area contributed by atoms with Gasteiger partial charge < -0.3 is 5.32 Å². The molecule has 2 heteroatoms. The van der Waals surface area contributed by atoms with Gasteiger partial charge in [-0.15, -0.1) is 0 Å². The topological polar surface area (TPSA) is 12.0 Å². The van der Waals surface area contributed by atoms with Crippen LogP contribution in [0.5, 0.6) is 0 Å². The van der Waals surface area contributed by atoms with Gasteiger partial charge in [-0.2, -0.15) is 0 Å². The van der Waals surface area contributed by atoms with Crippen molar-refractivity contribution in [3.63, 3.8) is 0 Å². The molecule has 0 aliphatic heterocycles. The third-order valence-corrected chi connectivity index (χ3v) is 4.52. The van der Waals surface area contributed by atoms with Gasteiger partial charge in [0.15, 0.2) is 0 Å². The third kappa shape index (κ3) is 3.79. The molecule has 1 aliphatic rings. The van der Waals surface area contributed by atoms with Crippen molar-refractivity contribution >= 4 is 0 Å². The van der Waals surface area contributed by atoms with Crippen LogP contribution in [0.15, 0.2) is 24.3 Å². The first-order valence-electron chi connectivity index (χ1n) is 7.58. The van der Waals surface area contributed by atoms with E-state index in [9.17, 15) is 4.39 Å². The van der Waals surface area contributed by atoms with Crippen molar-refractivity contribution in [1.29, 1.82) is 0 Å². The summed E-state index contributed by atoms with van der Waals surface area (Å²) in [4.78, 5) is 0. The molecule has 1 aliphatic carbocycles. The van der Waals surface area contributed by atoms with Gasteiger partial charge in [0.2, 0.25) is 0 Å². The highest BCUT2D eigenvalue weighted by Crippen LogP contribution is 2.31. The Morgan fingerprint density at radius 1 is 1.16 bits per heavy atom. The lowest BCUT2D eigenvalue weighted by molar-refractivity contribution is 0.222. The van der Waals surface area contributed by atoms with Crippen LogP contribution in [0.3, 0.4) is 0 Å². The summed E-state index contributed by atoms with van der Waals surface area (Å²) in [5.74, 6) is 1.48. The molecule has 106 valence electrons. The summed E-state index contributed by atoms with van der Waals surface area (Å²) in [6, 6.07) is 7.73. The van der Waals surface area contributed by atoms with Crippen LogP contribution >= 0.6 is 0 Å². The SMILES string of the molecule is CC(C)C1CCCC(N[C@H](C)c2ccccc2F)C1. The molecule has 0 aromatic heterocycles. The lowest BCUT2D eigenvalue weighted by atomic mass is 9.79. The molecule has 1 saturated carbocycles. The van der Waals surface area contributed by atoms with E-state index in [1.54, 1.807) is 12.1 Å². The normalized spacial score (nSPS) is 25.5. The molecule has 1 aromatic carbocycles. The molecular formula is C17H26FN. The first-order valence-corrected chi connectivity index (χ1v) is 7.58. The molecule has 1 aromatic rings. The molecule has 0 heterocycles. The molecular weight excluding hydrogens is 237 g/mol. The molecule has 2 rings (SSSR count).